The Labute approximate surface area is 157 Å². The average molecular weight is 374 g/mol. The van der Waals surface area contributed by atoms with Gasteiger partial charge in [0.1, 0.15) is 10.1 Å². The zero-order valence-corrected chi connectivity index (χ0v) is 16.0. The Kier molecular flexibility index (Phi) is 6.76. The molecule has 0 unspecified atom stereocenters. The molecule has 1 N–H and O–H groups in total. The third-order valence-corrected chi connectivity index (χ3v) is 6.24. The summed E-state index contributed by atoms with van der Waals surface area (Å²) in [6.07, 6.45) is 9.33. The van der Waals surface area contributed by atoms with Crippen LogP contribution in [0.3, 0.4) is 0 Å². The van der Waals surface area contributed by atoms with Gasteiger partial charge in [-0.05, 0) is 31.9 Å². The minimum Gasteiger partial charge on any atom is -0.353 e. The number of hydrogen-bond acceptors (Lipinski definition) is 5. The minimum atomic E-state index is 0.0917. The van der Waals surface area contributed by atoms with Crippen LogP contribution in [0.1, 0.15) is 37.7 Å². The van der Waals surface area contributed by atoms with E-state index >= 15 is 0 Å². The number of benzene rings is 1. The molecule has 1 heterocycles. The third-order valence-electron chi connectivity index (χ3n) is 4.15. The standard InChI is InChI=1S/C19H23N3OS2/c1-14-6-5-9-16(12-14)25-19-18(20-10-11-21-19)24-13-17(23)22-15-7-3-2-4-8-15/h5-6,9-12,15H,2-4,7-8,13H2,1H3,(H,22,23). The fraction of sp³-hybridized carbons (Fsp3) is 0.421. The number of nitrogens with one attached hydrogen (secondary N) is 1. The summed E-state index contributed by atoms with van der Waals surface area (Å²) in [6.45, 7) is 2.08. The summed E-state index contributed by atoms with van der Waals surface area (Å²) in [5.41, 5.74) is 1.22. The van der Waals surface area contributed by atoms with E-state index in [0.717, 1.165) is 27.8 Å². The molecule has 25 heavy (non-hydrogen) atoms. The van der Waals surface area contributed by atoms with Gasteiger partial charge in [0, 0.05) is 23.3 Å². The van der Waals surface area contributed by atoms with Crippen LogP contribution in [0.5, 0.6) is 0 Å². The number of rotatable bonds is 6. The van der Waals surface area contributed by atoms with Gasteiger partial charge < -0.3 is 5.32 Å². The van der Waals surface area contributed by atoms with Crippen LogP contribution in [0.2, 0.25) is 0 Å². The molecule has 1 aliphatic rings. The normalized spacial score (nSPS) is 15.1. The van der Waals surface area contributed by atoms with Gasteiger partial charge in [-0.3, -0.25) is 4.79 Å². The quantitative estimate of drug-likeness (QED) is 0.757. The summed E-state index contributed by atoms with van der Waals surface area (Å²) in [5, 5.41) is 4.81. The highest BCUT2D eigenvalue weighted by atomic mass is 32.2. The first-order chi connectivity index (χ1) is 12.2. The second kappa shape index (κ2) is 9.25. The van der Waals surface area contributed by atoms with Gasteiger partial charge in [0.05, 0.1) is 5.75 Å². The van der Waals surface area contributed by atoms with E-state index in [1.165, 1.54) is 36.6 Å². The molecular formula is C19H23N3OS2. The smallest absolute Gasteiger partial charge is 0.230 e. The van der Waals surface area contributed by atoms with Crippen molar-refractivity contribution in [1.82, 2.24) is 15.3 Å². The lowest BCUT2D eigenvalue weighted by Crippen LogP contribution is -2.37. The predicted octanol–water partition coefficient (Wildman–Crippen LogP) is 4.48. The van der Waals surface area contributed by atoms with Gasteiger partial charge in [0.25, 0.3) is 0 Å². The molecule has 1 aliphatic carbocycles. The van der Waals surface area contributed by atoms with Crippen molar-refractivity contribution in [2.24, 2.45) is 0 Å². The summed E-state index contributed by atoms with van der Waals surface area (Å²) >= 11 is 3.05. The van der Waals surface area contributed by atoms with E-state index in [9.17, 15) is 4.79 Å². The summed E-state index contributed by atoms with van der Waals surface area (Å²) in [7, 11) is 0. The number of aromatic nitrogens is 2. The first-order valence-electron chi connectivity index (χ1n) is 8.68. The van der Waals surface area contributed by atoms with E-state index in [-0.39, 0.29) is 5.91 Å². The molecule has 6 heteroatoms. The summed E-state index contributed by atoms with van der Waals surface area (Å²) < 4.78 is 0. The van der Waals surface area contributed by atoms with Gasteiger partial charge in [-0.15, -0.1) is 0 Å². The Bertz CT molecular complexity index is 717. The minimum absolute atomic E-state index is 0.0917. The van der Waals surface area contributed by atoms with Crippen LogP contribution in [-0.4, -0.2) is 27.7 Å². The number of carbonyl (C=O) groups is 1. The Hall–Kier alpha value is -1.53. The van der Waals surface area contributed by atoms with Crippen LogP contribution in [0, 0.1) is 6.92 Å². The van der Waals surface area contributed by atoms with E-state index < -0.39 is 0 Å². The molecule has 1 saturated carbocycles. The molecule has 1 fully saturated rings. The zero-order chi connectivity index (χ0) is 17.5. The molecule has 0 bridgehead atoms. The van der Waals surface area contributed by atoms with Crippen LogP contribution >= 0.6 is 23.5 Å². The van der Waals surface area contributed by atoms with Crippen molar-refractivity contribution in [2.45, 2.75) is 60.0 Å². The van der Waals surface area contributed by atoms with Crippen molar-refractivity contribution in [3.63, 3.8) is 0 Å². The van der Waals surface area contributed by atoms with Gasteiger partial charge in [0.15, 0.2) is 0 Å². The predicted molar refractivity (Wildman–Crippen MR) is 103 cm³/mol. The molecule has 132 valence electrons. The lowest BCUT2D eigenvalue weighted by Gasteiger charge is -2.22. The Morgan fingerprint density at radius 2 is 1.92 bits per heavy atom. The topological polar surface area (TPSA) is 54.9 Å². The number of aryl methyl sites for hydroxylation is 1. The number of carbonyl (C=O) groups excluding carboxylic acids is 1. The summed E-state index contributed by atoms with van der Waals surface area (Å²) in [4.78, 5) is 22.2. The Morgan fingerprint density at radius 1 is 1.16 bits per heavy atom. The van der Waals surface area contributed by atoms with Gasteiger partial charge in [-0.1, -0.05) is 60.5 Å². The molecule has 0 atom stereocenters. The van der Waals surface area contributed by atoms with Crippen LogP contribution in [0.4, 0.5) is 0 Å². The lowest BCUT2D eigenvalue weighted by molar-refractivity contribution is -0.119. The number of amides is 1. The zero-order valence-electron chi connectivity index (χ0n) is 14.4. The molecule has 0 spiro atoms. The van der Waals surface area contributed by atoms with E-state index in [1.54, 1.807) is 24.2 Å². The van der Waals surface area contributed by atoms with Crippen molar-refractivity contribution < 1.29 is 4.79 Å². The number of nitrogens with zero attached hydrogens (tertiary/aromatic N) is 2. The van der Waals surface area contributed by atoms with Crippen molar-refractivity contribution in [3.8, 4) is 0 Å². The number of hydrogen-bond donors (Lipinski definition) is 1. The third kappa shape index (κ3) is 5.75. The first-order valence-corrected chi connectivity index (χ1v) is 10.5. The van der Waals surface area contributed by atoms with Gasteiger partial charge >= 0.3 is 0 Å². The maximum absolute atomic E-state index is 12.2. The van der Waals surface area contributed by atoms with Crippen molar-refractivity contribution in [2.75, 3.05) is 5.75 Å². The Morgan fingerprint density at radius 3 is 2.68 bits per heavy atom. The van der Waals surface area contributed by atoms with E-state index in [1.807, 2.05) is 6.07 Å². The average Bonchev–Trinajstić information content (AvgIpc) is 2.62. The highest BCUT2D eigenvalue weighted by molar-refractivity contribution is 8.02. The van der Waals surface area contributed by atoms with Crippen LogP contribution < -0.4 is 5.32 Å². The van der Waals surface area contributed by atoms with Crippen molar-refractivity contribution in [1.29, 1.82) is 0 Å². The molecular weight excluding hydrogens is 350 g/mol. The molecule has 2 aromatic rings. The van der Waals surface area contributed by atoms with E-state index in [4.69, 9.17) is 0 Å². The van der Waals surface area contributed by atoms with Gasteiger partial charge in [-0.2, -0.15) is 0 Å². The van der Waals surface area contributed by atoms with Crippen LogP contribution in [0.25, 0.3) is 0 Å². The van der Waals surface area contributed by atoms with Crippen molar-refractivity contribution in [3.05, 3.63) is 42.2 Å². The van der Waals surface area contributed by atoms with Crippen molar-refractivity contribution >= 4 is 29.4 Å². The monoisotopic (exact) mass is 373 g/mol. The molecule has 4 nitrogen and oxygen atoms in total. The Balaban J connectivity index is 1.58. The molecule has 1 aromatic carbocycles. The second-order valence-electron chi connectivity index (χ2n) is 6.28. The fourth-order valence-electron chi connectivity index (χ4n) is 2.92. The molecule has 1 amide bonds. The maximum atomic E-state index is 12.2. The van der Waals surface area contributed by atoms with Gasteiger partial charge in [0.2, 0.25) is 5.91 Å². The summed E-state index contributed by atoms with van der Waals surface area (Å²) in [5.74, 6) is 0.477. The number of thioether (sulfide) groups is 1. The van der Waals surface area contributed by atoms with Crippen LogP contribution in [-0.2, 0) is 4.79 Å². The largest absolute Gasteiger partial charge is 0.353 e. The molecule has 1 aromatic heterocycles. The highest BCUT2D eigenvalue weighted by Crippen LogP contribution is 2.32. The maximum Gasteiger partial charge on any atom is 0.230 e. The first kappa shape index (κ1) is 18.3. The van der Waals surface area contributed by atoms with Crippen LogP contribution in [0.15, 0.2) is 51.6 Å². The molecule has 3 rings (SSSR count). The van der Waals surface area contributed by atoms with Gasteiger partial charge in [-0.25, -0.2) is 9.97 Å². The molecule has 0 radical (unpaired) electrons. The summed E-state index contributed by atoms with van der Waals surface area (Å²) in [6, 6.07) is 8.66. The molecule has 0 aliphatic heterocycles. The lowest BCUT2D eigenvalue weighted by atomic mass is 9.95. The van der Waals surface area contributed by atoms with E-state index in [2.05, 4.69) is 40.4 Å². The fourth-order valence-corrected chi connectivity index (χ4v) is 4.75. The highest BCUT2D eigenvalue weighted by Gasteiger charge is 2.16. The second-order valence-corrected chi connectivity index (χ2v) is 8.30. The molecule has 0 saturated heterocycles. The SMILES string of the molecule is Cc1cccc(Sc2nccnc2SCC(=O)NC2CCCCC2)c1. The van der Waals surface area contributed by atoms with E-state index in [0.29, 0.717) is 11.8 Å².